The SMILES string of the molecule is CC1(c2ccccc2)CCC(=O)N(C2CCN(S(C)(=O)=O)CC2)C1. The molecule has 24 heavy (non-hydrogen) atoms. The van der Waals surface area contributed by atoms with E-state index in [0.717, 1.165) is 25.8 Å². The molecule has 0 spiro atoms. The van der Waals surface area contributed by atoms with Crippen LogP contribution < -0.4 is 0 Å². The minimum atomic E-state index is -3.13. The monoisotopic (exact) mass is 350 g/mol. The summed E-state index contributed by atoms with van der Waals surface area (Å²) < 4.78 is 24.9. The minimum absolute atomic E-state index is 0.0247. The highest BCUT2D eigenvalue weighted by molar-refractivity contribution is 7.88. The number of nitrogens with zero attached hydrogens (tertiary/aromatic N) is 2. The average Bonchev–Trinajstić information content (AvgIpc) is 2.57. The van der Waals surface area contributed by atoms with E-state index in [1.165, 1.54) is 16.1 Å². The highest BCUT2D eigenvalue weighted by atomic mass is 32.2. The Morgan fingerprint density at radius 1 is 1.12 bits per heavy atom. The highest BCUT2D eigenvalue weighted by Crippen LogP contribution is 2.36. The van der Waals surface area contributed by atoms with E-state index in [0.29, 0.717) is 19.5 Å². The van der Waals surface area contributed by atoms with Crippen LogP contribution in [0.4, 0.5) is 0 Å². The number of sulfonamides is 1. The molecule has 2 fully saturated rings. The van der Waals surface area contributed by atoms with Crippen LogP contribution in [0.1, 0.15) is 38.2 Å². The summed E-state index contributed by atoms with van der Waals surface area (Å²) in [5, 5.41) is 0. The molecule has 3 rings (SSSR count). The van der Waals surface area contributed by atoms with Gasteiger partial charge in [-0.15, -0.1) is 0 Å². The smallest absolute Gasteiger partial charge is 0.222 e. The maximum absolute atomic E-state index is 12.5. The van der Waals surface area contributed by atoms with Crippen LogP contribution in [0.5, 0.6) is 0 Å². The number of benzene rings is 1. The van der Waals surface area contributed by atoms with Crippen molar-refractivity contribution in [2.75, 3.05) is 25.9 Å². The molecule has 2 heterocycles. The lowest BCUT2D eigenvalue weighted by Gasteiger charge is -2.46. The lowest BCUT2D eigenvalue weighted by molar-refractivity contribution is -0.139. The van der Waals surface area contributed by atoms with Crippen molar-refractivity contribution in [1.82, 2.24) is 9.21 Å². The van der Waals surface area contributed by atoms with Crippen LogP contribution in [0, 0.1) is 0 Å². The summed E-state index contributed by atoms with van der Waals surface area (Å²) in [4.78, 5) is 14.5. The van der Waals surface area contributed by atoms with Crippen LogP contribution in [-0.2, 0) is 20.2 Å². The molecule has 132 valence electrons. The lowest BCUT2D eigenvalue weighted by atomic mass is 9.75. The average molecular weight is 350 g/mol. The van der Waals surface area contributed by atoms with E-state index >= 15 is 0 Å². The van der Waals surface area contributed by atoms with Gasteiger partial charge < -0.3 is 4.90 Å². The number of amides is 1. The van der Waals surface area contributed by atoms with Gasteiger partial charge in [0, 0.05) is 37.5 Å². The number of piperidine rings is 2. The molecule has 6 heteroatoms. The Kier molecular flexibility index (Phi) is 4.71. The molecule has 2 saturated heterocycles. The van der Waals surface area contributed by atoms with Crippen molar-refractivity contribution in [3.05, 3.63) is 35.9 Å². The fourth-order valence-corrected chi connectivity index (χ4v) is 4.84. The number of rotatable bonds is 3. The van der Waals surface area contributed by atoms with Crippen molar-refractivity contribution in [3.63, 3.8) is 0 Å². The van der Waals surface area contributed by atoms with Gasteiger partial charge in [-0.1, -0.05) is 37.3 Å². The number of hydrogen-bond acceptors (Lipinski definition) is 3. The van der Waals surface area contributed by atoms with Gasteiger partial charge in [-0.2, -0.15) is 0 Å². The molecular weight excluding hydrogens is 324 g/mol. The second kappa shape index (κ2) is 6.48. The quantitative estimate of drug-likeness (QED) is 0.838. The maximum Gasteiger partial charge on any atom is 0.222 e. The van der Waals surface area contributed by atoms with E-state index in [-0.39, 0.29) is 17.4 Å². The molecule has 2 aliphatic rings. The topological polar surface area (TPSA) is 57.7 Å². The Balaban J connectivity index is 1.73. The Hall–Kier alpha value is -1.40. The Bertz CT molecular complexity index is 696. The van der Waals surface area contributed by atoms with Gasteiger partial charge in [0.05, 0.1) is 6.26 Å². The molecule has 5 nitrogen and oxygen atoms in total. The molecule has 1 atom stereocenters. The summed E-state index contributed by atoms with van der Waals surface area (Å²) >= 11 is 0. The van der Waals surface area contributed by atoms with E-state index in [1.54, 1.807) is 0 Å². The molecule has 1 aromatic carbocycles. The van der Waals surface area contributed by atoms with Gasteiger partial charge >= 0.3 is 0 Å². The Morgan fingerprint density at radius 3 is 2.33 bits per heavy atom. The zero-order chi connectivity index (χ0) is 17.4. The number of hydrogen-bond donors (Lipinski definition) is 0. The van der Waals surface area contributed by atoms with Crippen molar-refractivity contribution in [3.8, 4) is 0 Å². The zero-order valence-corrected chi connectivity index (χ0v) is 15.3. The second-order valence-electron chi connectivity index (χ2n) is 7.34. The van der Waals surface area contributed by atoms with E-state index in [1.807, 2.05) is 23.1 Å². The molecule has 1 unspecified atom stereocenters. The number of carbonyl (C=O) groups is 1. The van der Waals surface area contributed by atoms with Gasteiger partial charge in [0.25, 0.3) is 0 Å². The fourth-order valence-electron chi connectivity index (χ4n) is 3.96. The molecule has 0 aliphatic carbocycles. The standard InChI is InChI=1S/C18H26N2O3S/c1-18(15-6-4-3-5-7-15)11-8-17(21)20(14-18)16-9-12-19(13-10-16)24(2,22)23/h3-7,16H,8-14H2,1-2H3. The molecule has 0 saturated carbocycles. The predicted octanol–water partition coefficient (Wildman–Crippen LogP) is 1.99. The molecule has 2 aliphatic heterocycles. The zero-order valence-electron chi connectivity index (χ0n) is 14.4. The first-order valence-electron chi connectivity index (χ1n) is 8.60. The molecule has 0 N–H and O–H groups in total. The van der Waals surface area contributed by atoms with Gasteiger partial charge in [-0.25, -0.2) is 12.7 Å². The first kappa shape index (κ1) is 17.4. The third-order valence-corrected chi connectivity index (χ3v) is 6.84. The Labute approximate surface area is 144 Å². The van der Waals surface area contributed by atoms with Crippen molar-refractivity contribution < 1.29 is 13.2 Å². The lowest BCUT2D eigenvalue weighted by Crippen LogP contribution is -2.55. The summed E-state index contributed by atoms with van der Waals surface area (Å²) in [5.74, 6) is 0.209. The summed E-state index contributed by atoms with van der Waals surface area (Å²) in [5.41, 5.74) is 1.25. The fraction of sp³-hybridized carbons (Fsp3) is 0.611. The summed E-state index contributed by atoms with van der Waals surface area (Å²) in [6, 6.07) is 10.5. The summed E-state index contributed by atoms with van der Waals surface area (Å²) in [7, 11) is -3.13. The van der Waals surface area contributed by atoms with Crippen LogP contribution in [0.15, 0.2) is 30.3 Å². The second-order valence-corrected chi connectivity index (χ2v) is 9.32. The van der Waals surface area contributed by atoms with Crippen LogP contribution in [0.2, 0.25) is 0 Å². The Morgan fingerprint density at radius 2 is 1.75 bits per heavy atom. The van der Waals surface area contributed by atoms with Gasteiger partial charge in [0.1, 0.15) is 0 Å². The normalized spacial score (nSPS) is 27.4. The van der Waals surface area contributed by atoms with Crippen molar-refractivity contribution in [1.29, 1.82) is 0 Å². The summed E-state index contributed by atoms with van der Waals surface area (Å²) in [6.07, 6.45) is 4.14. The van der Waals surface area contributed by atoms with Gasteiger partial charge in [-0.05, 0) is 24.8 Å². The van der Waals surface area contributed by atoms with Crippen LogP contribution in [-0.4, -0.2) is 55.5 Å². The third kappa shape index (κ3) is 3.49. The van der Waals surface area contributed by atoms with E-state index in [9.17, 15) is 13.2 Å². The number of carbonyl (C=O) groups excluding carboxylic acids is 1. The van der Waals surface area contributed by atoms with Crippen molar-refractivity contribution in [2.45, 2.75) is 44.1 Å². The van der Waals surface area contributed by atoms with Gasteiger partial charge in [0.2, 0.25) is 15.9 Å². The van der Waals surface area contributed by atoms with Crippen molar-refractivity contribution in [2.24, 2.45) is 0 Å². The first-order valence-corrected chi connectivity index (χ1v) is 10.4. The van der Waals surface area contributed by atoms with Crippen LogP contribution in [0.3, 0.4) is 0 Å². The molecule has 0 aromatic heterocycles. The minimum Gasteiger partial charge on any atom is -0.339 e. The largest absolute Gasteiger partial charge is 0.339 e. The highest BCUT2D eigenvalue weighted by Gasteiger charge is 2.40. The molecule has 0 bridgehead atoms. The van der Waals surface area contributed by atoms with E-state index < -0.39 is 10.0 Å². The third-order valence-electron chi connectivity index (χ3n) is 5.53. The van der Waals surface area contributed by atoms with E-state index in [4.69, 9.17) is 0 Å². The first-order chi connectivity index (χ1) is 11.3. The van der Waals surface area contributed by atoms with E-state index in [2.05, 4.69) is 19.1 Å². The molecule has 1 aromatic rings. The van der Waals surface area contributed by atoms with Crippen LogP contribution in [0.25, 0.3) is 0 Å². The van der Waals surface area contributed by atoms with Crippen molar-refractivity contribution >= 4 is 15.9 Å². The van der Waals surface area contributed by atoms with Crippen LogP contribution >= 0.6 is 0 Å². The molecular formula is C18H26N2O3S. The van der Waals surface area contributed by atoms with Gasteiger partial charge in [-0.3, -0.25) is 4.79 Å². The predicted molar refractivity (Wildman–Crippen MR) is 94.2 cm³/mol. The maximum atomic E-state index is 12.5. The number of likely N-dealkylation sites (tertiary alicyclic amines) is 1. The van der Waals surface area contributed by atoms with Gasteiger partial charge in [0.15, 0.2) is 0 Å². The summed E-state index contributed by atoms with van der Waals surface area (Å²) in [6.45, 7) is 3.97. The molecule has 0 radical (unpaired) electrons. The molecule has 1 amide bonds.